The lowest BCUT2D eigenvalue weighted by Crippen LogP contribution is -2.48. The van der Waals surface area contributed by atoms with E-state index in [0.717, 1.165) is 5.39 Å². The number of carbonyl (C=O) groups is 2. The number of aromatic nitrogens is 2. The zero-order chi connectivity index (χ0) is 19.6. The Morgan fingerprint density at radius 3 is 2.37 bits per heavy atom. The molecule has 6 nitrogen and oxygen atoms in total. The molecule has 2 amide bonds. The van der Waals surface area contributed by atoms with Gasteiger partial charge in [-0.2, -0.15) is 0 Å². The number of nitrogens with one attached hydrogen (secondary N) is 3. The number of nitrogens with zero attached hydrogens (tertiary/aromatic N) is 1. The fourth-order valence-electron chi connectivity index (χ4n) is 2.65. The Balaban J connectivity index is 1.67. The van der Waals surface area contributed by atoms with Crippen molar-refractivity contribution < 1.29 is 9.59 Å². The average molecular weight is 405 g/mol. The zero-order valence-electron chi connectivity index (χ0n) is 14.7. The number of halogens is 2. The molecule has 8 heteroatoms. The first-order valence-corrected chi connectivity index (χ1v) is 9.11. The Bertz CT molecular complexity index is 1000. The molecule has 0 saturated carbocycles. The summed E-state index contributed by atoms with van der Waals surface area (Å²) in [6.45, 7) is 3.62. The maximum atomic E-state index is 12.6. The van der Waals surface area contributed by atoms with Crippen LogP contribution in [-0.2, 0) is 0 Å². The minimum atomic E-state index is -0.354. The third-order valence-corrected chi connectivity index (χ3v) is 4.91. The number of aromatic amines is 1. The van der Waals surface area contributed by atoms with E-state index in [9.17, 15) is 9.59 Å². The molecular formula is C19H18Cl2N4O2. The molecule has 0 radical (unpaired) electrons. The Morgan fingerprint density at radius 2 is 1.67 bits per heavy atom. The van der Waals surface area contributed by atoms with Gasteiger partial charge in [0.25, 0.3) is 11.8 Å². The molecular weight excluding hydrogens is 387 g/mol. The number of amides is 2. The van der Waals surface area contributed by atoms with E-state index in [1.807, 2.05) is 6.92 Å². The number of benzene rings is 1. The van der Waals surface area contributed by atoms with Crippen LogP contribution in [0.5, 0.6) is 0 Å². The SMILES string of the molecule is CC(NC(=O)c1cc(Cl)ccc1Cl)C(C)NC(=O)c1ccnc2[nH]ccc12. The van der Waals surface area contributed by atoms with Gasteiger partial charge in [0.1, 0.15) is 5.65 Å². The predicted molar refractivity (Wildman–Crippen MR) is 106 cm³/mol. The molecule has 0 aliphatic heterocycles. The van der Waals surface area contributed by atoms with Gasteiger partial charge in [-0.3, -0.25) is 9.59 Å². The van der Waals surface area contributed by atoms with Gasteiger partial charge in [0.2, 0.25) is 0 Å². The van der Waals surface area contributed by atoms with Crippen LogP contribution >= 0.6 is 23.2 Å². The molecule has 0 bridgehead atoms. The Hall–Kier alpha value is -2.57. The van der Waals surface area contributed by atoms with E-state index in [1.165, 1.54) is 6.07 Å². The summed E-state index contributed by atoms with van der Waals surface area (Å²) in [5.41, 5.74) is 1.45. The predicted octanol–water partition coefficient (Wildman–Crippen LogP) is 3.81. The highest BCUT2D eigenvalue weighted by Crippen LogP contribution is 2.21. The molecule has 3 N–H and O–H groups in total. The summed E-state index contributed by atoms with van der Waals surface area (Å²) in [6.07, 6.45) is 3.31. The first kappa shape index (κ1) is 19.2. The van der Waals surface area contributed by atoms with Crippen molar-refractivity contribution in [3.8, 4) is 0 Å². The first-order valence-electron chi connectivity index (χ1n) is 8.35. The smallest absolute Gasteiger partial charge is 0.253 e. The lowest BCUT2D eigenvalue weighted by atomic mass is 10.1. The molecule has 2 aromatic heterocycles. The van der Waals surface area contributed by atoms with Gasteiger partial charge in [0.05, 0.1) is 16.1 Å². The summed E-state index contributed by atoms with van der Waals surface area (Å²) < 4.78 is 0. The molecule has 2 heterocycles. The quantitative estimate of drug-likeness (QED) is 0.604. The van der Waals surface area contributed by atoms with E-state index in [0.29, 0.717) is 21.3 Å². The van der Waals surface area contributed by atoms with Crippen LogP contribution in [0, 0.1) is 0 Å². The van der Waals surface area contributed by atoms with Crippen molar-refractivity contribution in [2.75, 3.05) is 0 Å². The highest BCUT2D eigenvalue weighted by molar-refractivity contribution is 6.35. The second kappa shape index (κ2) is 7.98. The molecule has 1 aromatic carbocycles. The van der Waals surface area contributed by atoms with Crippen molar-refractivity contribution in [2.45, 2.75) is 25.9 Å². The summed E-state index contributed by atoms with van der Waals surface area (Å²) in [6, 6.07) is 7.50. The molecule has 2 atom stereocenters. The van der Waals surface area contributed by atoms with E-state index >= 15 is 0 Å². The van der Waals surface area contributed by atoms with Crippen molar-refractivity contribution in [2.24, 2.45) is 0 Å². The van der Waals surface area contributed by atoms with Crippen LogP contribution < -0.4 is 10.6 Å². The second-order valence-corrected chi connectivity index (χ2v) is 7.09. The summed E-state index contributed by atoms with van der Waals surface area (Å²) in [5, 5.41) is 7.22. The van der Waals surface area contributed by atoms with Crippen molar-refractivity contribution >= 4 is 46.0 Å². The number of hydrogen-bond donors (Lipinski definition) is 3. The average Bonchev–Trinajstić information content (AvgIpc) is 3.12. The van der Waals surface area contributed by atoms with E-state index in [-0.39, 0.29) is 29.5 Å². The number of fused-ring (bicyclic) bond motifs is 1. The number of H-pyrrole nitrogens is 1. The van der Waals surface area contributed by atoms with Gasteiger partial charge < -0.3 is 15.6 Å². The molecule has 0 aliphatic carbocycles. The van der Waals surface area contributed by atoms with Gasteiger partial charge in [0, 0.05) is 34.9 Å². The van der Waals surface area contributed by atoms with Crippen molar-refractivity contribution in [3.05, 3.63) is 63.9 Å². The van der Waals surface area contributed by atoms with Crippen LogP contribution in [0.2, 0.25) is 10.0 Å². The topological polar surface area (TPSA) is 86.9 Å². The molecule has 2 unspecified atom stereocenters. The Morgan fingerprint density at radius 1 is 1.00 bits per heavy atom. The highest BCUT2D eigenvalue weighted by Gasteiger charge is 2.21. The number of hydrogen-bond acceptors (Lipinski definition) is 3. The first-order chi connectivity index (χ1) is 12.9. The van der Waals surface area contributed by atoms with Crippen LogP contribution in [0.15, 0.2) is 42.7 Å². The van der Waals surface area contributed by atoms with Gasteiger partial charge in [0.15, 0.2) is 0 Å². The monoisotopic (exact) mass is 404 g/mol. The van der Waals surface area contributed by atoms with Gasteiger partial charge in [-0.25, -0.2) is 4.98 Å². The van der Waals surface area contributed by atoms with E-state index < -0.39 is 0 Å². The second-order valence-electron chi connectivity index (χ2n) is 6.25. The van der Waals surface area contributed by atoms with Crippen molar-refractivity contribution in [3.63, 3.8) is 0 Å². The summed E-state index contributed by atoms with van der Waals surface area (Å²) >= 11 is 12.0. The number of carbonyl (C=O) groups excluding carboxylic acids is 2. The Labute approximate surface area is 166 Å². The van der Waals surface area contributed by atoms with Gasteiger partial charge >= 0.3 is 0 Å². The lowest BCUT2D eigenvalue weighted by Gasteiger charge is -2.23. The highest BCUT2D eigenvalue weighted by atomic mass is 35.5. The molecule has 140 valence electrons. The van der Waals surface area contributed by atoms with Gasteiger partial charge in [-0.15, -0.1) is 0 Å². The molecule has 27 heavy (non-hydrogen) atoms. The van der Waals surface area contributed by atoms with E-state index in [4.69, 9.17) is 23.2 Å². The van der Waals surface area contributed by atoms with E-state index in [1.54, 1.807) is 43.6 Å². The van der Waals surface area contributed by atoms with Crippen molar-refractivity contribution in [1.29, 1.82) is 0 Å². The van der Waals surface area contributed by atoms with Crippen molar-refractivity contribution in [1.82, 2.24) is 20.6 Å². The molecule has 0 aliphatic rings. The summed E-state index contributed by atoms with van der Waals surface area (Å²) in [7, 11) is 0. The van der Waals surface area contributed by atoms with Crippen LogP contribution in [0.4, 0.5) is 0 Å². The number of rotatable bonds is 5. The minimum Gasteiger partial charge on any atom is -0.348 e. The molecule has 0 fully saturated rings. The Kier molecular flexibility index (Phi) is 5.68. The molecule has 0 spiro atoms. The minimum absolute atomic E-state index is 0.239. The molecule has 3 rings (SSSR count). The third kappa shape index (κ3) is 4.23. The van der Waals surface area contributed by atoms with Crippen LogP contribution in [0.1, 0.15) is 34.6 Å². The zero-order valence-corrected chi connectivity index (χ0v) is 16.2. The molecule has 3 aromatic rings. The van der Waals surface area contributed by atoms with Gasteiger partial charge in [-0.1, -0.05) is 23.2 Å². The largest absolute Gasteiger partial charge is 0.348 e. The molecule has 0 saturated heterocycles. The number of pyridine rings is 1. The fourth-order valence-corrected chi connectivity index (χ4v) is 3.02. The summed E-state index contributed by atoms with van der Waals surface area (Å²) in [4.78, 5) is 32.2. The lowest BCUT2D eigenvalue weighted by molar-refractivity contribution is 0.0892. The van der Waals surface area contributed by atoms with Crippen LogP contribution in [0.25, 0.3) is 11.0 Å². The third-order valence-electron chi connectivity index (χ3n) is 4.35. The maximum absolute atomic E-state index is 12.6. The fraction of sp³-hybridized carbons (Fsp3) is 0.211. The van der Waals surface area contributed by atoms with Gasteiger partial charge in [-0.05, 0) is 44.2 Å². The standard InChI is InChI=1S/C19H18Cl2N4O2/c1-10(11(2)25-19(27)15-9-12(20)3-4-16(15)21)24-18(26)14-6-8-23-17-13(14)5-7-22-17/h3-11H,1-2H3,(H,22,23)(H,24,26)(H,25,27). The maximum Gasteiger partial charge on any atom is 0.253 e. The summed E-state index contributed by atoms with van der Waals surface area (Å²) in [5.74, 6) is -0.593. The van der Waals surface area contributed by atoms with Crippen LogP contribution in [0.3, 0.4) is 0 Å². The van der Waals surface area contributed by atoms with Crippen LogP contribution in [-0.4, -0.2) is 33.9 Å². The van der Waals surface area contributed by atoms with E-state index in [2.05, 4.69) is 20.6 Å². The normalized spacial score (nSPS) is 13.2.